The van der Waals surface area contributed by atoms with Gasteiger partial charge in [0.1, 0.15) is 23.4 Å². The van der Waals surface area contributed by atoms with E-state index >= 15 is 0 Å². The number of phenolic OH excluding ortho intramolecular Hbond substituents is 1. The van der Waals surface area contributed by atoms with Crippen molar-refractivity contribution in [3.63, 3.8) is 0 Å². The van der Waals surface area contributed by atoms with Crippen LogP contribution in [0.5, 0.6) is 17.2 Å². The third-order valence-electron chi connectivity index (χ3n) is 6.94. The molecule has 6 heteroatoms. The second-order valence-corrected chi connectivity index (χ2v) is 9.90. The van der Waals surface area contributed by atoms with Gasteiger partial charge in [-0.15, -0.1) is 0 Å². The molecule has 2 heterocycles. The topological polar surface area (TPSA) is 41.9 Å². The van der Waals surface area contributed by atoms with E-state index in [9.17, 15) is 9.50 Å². The summed E-state index contributed by atoms with van der Waals surface area (Å²) in [6, 6.07) is 19.6. The van der Waals surface area contributed by atoms with Crippen molar-refractivity contribution in [2.24, 2.45) is 0 Å². The minimum atomic E-state index is -0.273. The lowest BCUT2D eigenvalue weighted by Crippen LogP contribution is -2.26. The predicted molar refractivity (Wildman–Crippen MR) is 143 cm³/mol. The molecular weight excluding hydrogens is 477 g/mol. The molecule has 0 bridgehead atoms. The standard InChI is InChI=1S/C30H31ClFNO3/c1-20-17-22(5-10-28(20)31)26-12-16-35-29-18-23(34)6-9-27(29)30(26)21-3-7-24(8-4-21)36-25-11-15-33(19-25)14-2-13-32/h3-10,17-18,25,34H,2,11-16,19H2,1H3/t25-/m0/s1. The highest BCUT2D eigenvalue weighted by Crippen LogP contribution is 2.42. The van der Waals surface area contributed by atoms with Gasteiger partial charge in [0.15, 0.2) is 0 Å². The van der Waals surface area contributed by atoms with E-state index in [-0.39, 0.29) is 18.5 Å². The summed E-state index contributed by atoms with van der Waals surface area (Å²) in [5.41, 5.74) is 6.38. The van der Waals surface area contributed by atoms with Crippen LogP contribution >= 0.6 is 11.6 Å². The highest BCUT2D eigenvalue weighted by Gasteiger charge is 2.25. The first kappa shape index (κ1) is 24.7. The van der Waals surface area contributed by atoms with Crippen molar-refractivity contribution in [3.05, 3.63) is 87.9 Å². The molecule has 0 saturated carbocycles. The van der Waals surface area contributed by atoms with E-state index in [4.69, 9.17) is 21.1 Å². The molecule has 0 amide bonds. The summed E-state index contributed by atoms with van der Waals surface area (Å²) in [5.74, 6) is 1.68. The highest BCUT2D eigenvalue weighted by atomic mass is 35.5. The van der Waals surface area contributed by atoms with Gasteiger partial charge in [0, 0.05) is 42.7 Å². The largest absolute Gasteiger partial charge is 0.508 e. The fraction of sp³-hybridized carbons (Fsp3) is 0.333. The lowest BCUT2D eigenvalue weighted by molar-refractivity contribution is 0.198. The Hall–Kier alpha value is -3.02. The van der Waals surface area contributed by atoms with Crippen LogP contribution < -0.4 is 9.47 Å². The Labute approximate surface area is 216 Å². The molecule has 1 atom stereocenters. The molecule has 2 aliphatic heterocycles. The van der Waals surface area contributed by atoms with Crippen molar-refractivity contribution >= 4 is 22.7 Å². The second-order valence-electron chi connectivity index (χ2n) is 9.49. The van der Waals surface area contributed by atoms with Crippen LogP contribution in [0.3, 0.4) is 0 Å². The molecule has 1 N–H and O–H groups in total. The lowest BCUT2D eigenvalue weighted by Gasteiger charge is -2.18. The van der Waals surface area contributed by atoms with E-state index in [2.05, 4.69) is 29.2 Å². The first-order chi connectivity index (χ1) is 17.5. The molecule has 1 fully saturated rings. The van der Waals surface area contributed by atoms with Crippen molar-refractivity contribution in [2.75, 3.05) is 32.9 Å². The molecule has 36 heavy (non-hydrogen) atoms. The smallest absolute Gasteiger partial charge is 0.130 e. The zero-order valence-electron chi connectivity index (χ0n) is 20.5. The van der Waals surface area contributed by atoms with Crippen molar-refractivity contribution in [1.82, 2.24) is 4.90 Å². The number of ether oxygens (including phenoxy) is 2. The maximum Gasteiger partial charge on any atom is 0.130 e. The Bertz CT molecular complexity index is 1260. The summed E-state index contributed by atoms with van der Waals surface area (Å²) in [5, 5.41) is 10.8. The van der Waals surface area contributed by atoms with E-state index in [0.717, 1.165) is 71.1 Å². The van der Waals surface area contributed by atoms with Gasteiger partial charge in [-0.2, -0.15) is 0 Å². The van der Waals surface area contributed by atoms with Gasteiger partial charge in [0.05, 0.1) is 13.3 Å². The minimum Gasteiger partial charge on any atom is -0.508 e. The highest BCUT2D eigenvalue weighted by molar-refractivity contribution is 6.31. The number of aryl methyl sites for hydroxylation is 1. The Morgan fingerprint density at radius 1 is 1.08 bits per heavy atom. The van der Waals surface area contributed by atoms with Gasteiger partial charge in [0.2, 0.25) is 0 Å². The first-order valence-electron chi connectivity index (χ1n) is 12.5. The van der Waals surface area contributed by atoms with Crippen LogP contribution in [0.25, 0.3) is 11.1 Å². The zero-order chi connectivity index (χ0) is 25.1. The molecule has 1 saturated heterocycles. The van der Waals surface area contributed by atoms with Crippen molar-refractivity contribution in [3.8, 4) is 17.2 Å². The Kier molecular flexibility index (Phi) is 7.49. The molecule has 0 spiro atoms. The van der Waals surface area contributed by atoms with Crippen molar-refractivity contribution in [1.29, 1.82) is 0 Å². The number of fused-ring (bicyclic) bond motifs is 1. The van der Waals surface area contributed by atoms with Crippen LogP contribution in [0, 0.1) is 6.92 Å². The number of rotatable bonds is 7. The predicted octanol–water partition coefficient (Wildman–Crippen LogP) is 6.91. The fourth-order valence-electron chi connectivity index (χ4n) is 5.11. The molecule has 0 unspecified atom stereocenters. The van der Waals surface area contributed by atoms with Gasteiger partial charge in [0.25, 0.3) is 0 Å². The number of hydrogen-bond donors (Lipinski definition) is 1. The van der Waals surface area contributed by atoms with Crippen LogP contribution in [0.4, 0.5) is 4.39 Å². The molecule has 5 rings (SSSR count). The summed E-state index contributed by atoms with van der Waals surface area (Å²) in [6.07, 6.45) is 2.38. The fourth-order valence-corrected chi connectivity index (χ4v) is 5.23. The molecule has 0 aromatic heterocycles. The maximum absolute atomic E-state index is 12.5. The summed E-state index contributed by atoms with van der Waals surface area (Å²) >= 11 is 6.32. The molecule has 4 nitrogen and oxygen atoms in total. The van der Waals surface area contributed by atoms with Crippen LogP contribution in [-0.4, -0.2) is 49.0 Å². The number of halogens is 2. The van der Waals surface area contributed by atoms with Crippen LogP contribution in [-0.2, 0) is 0 Å². The second kappa shape index (κ2) is 10.9. The summed E-state index contributed by atoms with van der Waals surface area (Å²) in [6.45, 7) is 4.82. The average molecular weight is 508 g/mol. The molecular formula is C30H31ClFNO3. The molecule has 188 valence electrons. The van der Waals surface area contributed by atoms with Gasteiger partial charge in [-0.05, 0) is 77.9 Å². The quantitative estimate of drug-likeness (QED) is 0.377. The third kappa shape index (κ3) is 5.37. The van der Waals surface area contributed by atoms with E-state index < -0.39 is 0 Å². The monoisotopic (exact) mass is 507 g/mol. The molecule has 2 aliphatic rings. The Morgan fingerprint density at radius 2 is 1.89 bits per heavy atom. The number of nitrogens with zero attached hydrogens (tertiary/aromatic N) is 1. The molecule has 3 aromatic rings. The van der Waals surface area contributed by atoms with Crippen LogP contribution in [0.2, 0.25) is 5.02 Å². The van der Waals surface area contributed by atoms with Crippen LogP contribution in [0.1, 0.15) is 41.5 Å². The maximum atomic E-state index is 12.5. The lowest BCUT2D eigenvalue weighted by atomic mass is 9.87. The number of phenols is 1. The van der Waals surface area contributed by atoms with E-state index in [1.54, 1.807) is 12.1 Å². The van der Waals surface area contributed by atoms with Gasteiger partial charge in [-0.3, -0.25) is 9.29 Å². The van der Waals surface area contributed by atoms with Crippen LogP contribution in [0.15, 0.2) is 60.7 Å². The van der Waals surface area contributed by atoms with Crippen molar-refractivity contribution in [2.45, 2.75) is 32.3 Å². The summed E-state index contributed by atoms with van der Waals surface area (Å²) in [4.78, 5) is 2.27. The van der Waals surface area contributed by atoms with E-state index in [1.807, 2.05) is 31.2 Å². The van der Waals surface area contributed by atoms with Gasteiger partial charge in [-0.25, -0.2) is 0 Å². The number of likely N-dealkylation sites (tertiary alicyclic amines) is 1. The minimum absolute atomic E-state index is 0.122. The third-order valence-corrected chi connectivity index (χ3v) is 7.36. The number of hydrogen-bond acceptors (Lipinski definition) is 4. The summed E-state index contributed by atoms with van der Waals surface area (Å²) < 4.78 is 24.8. The average Bonchev–Trinajstić information content (AvgIpc) is 3.23. The normalized spacial score (nSPS) is 18.0. The zero-order valence-corrected chi connectivity index (χ0v) is 21.2. The molecule has 3 aromatic carbocycles. The molecule has 0 radical (unpaired) electrons. The van der Waals surface area contributed by atoms with Gasteiger partial charge < -0.3 is 14.6 Å². The Morgan fingerprint density at radius 3 is 2.67 bits per heavy atom. The van der Waals surface area contributed by atoms with Gasteiger partial charge in [-0.1, -0.05) is 35.9 Å². The SMILES string of the molecule is Cc1cc(C2=C(c3ccc(O[C@H]4CCN(CCCF)C4)cc3)c3ccc(O)cc3OCC2)ccc1Cl. The number of aromatic hydroxyl groups is 1. The number of benzene rings is 3. The first-order valence-corrected chi connectivity index (χ1v) is 12.9. The summed E-state index contributed by atoms with van der Waals surface area (Å²) in [7, 11) is 0. The number of alkyl halides is 1. The molecule has 0 aliphatic carbocycles. The van der Waals surface area contributed by atoms with Gasteiger partial charge >= 0.3 is 0 Å². The van der Waals surface area contributed by atoms with E-state index in [0.29, 0.717) is 18.8 Å². The van der Waals surface area contributed by atoms with Crippen molar-refractivity contribution < 1.29 is 19.0 Å². The van der Waals surface area contributed by atoms with E-state index in [1.165, 1.54) is 5.57 Å². The Balaban J connectivity index is 1.48.